The van der Waals surface area contributed by atoms with Crippen molar-refractivity contribution in [3.8, 4) is 5.88 Å². The lowest BCUT2D eigenvalue weighted by Crippen LogP contribution is -2.43. The van der Waals surface area contributed by atoms with Gasteiger partial charge in [0, 0.05) is 43.6 Å². The Labute approximate surface area is 120 Å². The average molecular weight is 277 g/mol. The number of piperidine rings is 1. The molecule has 2 rings (SSSR count). The van der Waals surface area contributed by atoms with Gasteiger partial charge in [-0.1, -0.05) is 13.8 Å². The number of nitrogens with zero attached hydrogens (tertiary/aromatic N) is 3. The molecule has 0 atom stereocenters. The van der Waals surface area contributed by atoms with Crippen molar-refractivity contribution in [1.82, 2.24) is 14.9 Å². The van der Waals surface area contributed by atoms with Crippen LogP contribution in [0.15, 0.2) is 6.07 Å². The number of carbonyl (C=O) groups excluding carboxylic acids is 1. The third kappa shape index (κ3) is 3.68. The summed E-state index contributed by atoms with van der Waals surface area (Å²) >= 11 is 0. The van der Waals surface area contributed by atoms with Crippen molar-refractivity contribution in [1.29, 1.82) is 0 Å². The van der Waals surface area contributed by atoms with Crippen LogP contribution >= 0.6 is 0 Å². The maximum absolute atomic E-state index is 11.9. The lowest BCUT2D eigenvalue weighted by Gasteiger charge is -2.33. The quantitative estimate of drug-likeness (QED) is 0.849. The van der Waals surface area contributed by atoms with Gasteiger partial charge in [0.05, 0.1) is 0 Å². The van der Waals surface area contributed by atoms with E-state index in [1.165, 1.54) is 0 Å². The van der Waals surface area contributed by atoms with Crippen LogP contribution in [0.25, 0.3) is 0 Å². The molecule has 1 amide bonds. The molecule has 0 saturated carbocycles. The predicted octanol–water partition coefficient (Wildman–Crippen LogP) is 2.12. The first-order chi connectivity index (χ1) is 9.45. The van der Waals surface area contributed by atoms with Crippen molar-refractivity contribution in [3.63, 3.8) is 0 Å². The molecule has 1 fully saturated rings. The summed E-state index contributed by atoms with van der Waals surface area (Å²) in [6.07, 6.45) is 1.86. The van der Waals surface area contributed by atoms with Gasteiger partial charge in [0.15, 0.2) is 0 Å². The summed E-state index contributed by atoms with van der Waals surface area (Å²) in [5.74, 6) is 1.67. The second kappa shape index (κ2) is 6.20. The number of carbonyl (C=O) groups is 1. The Kier molecular flexibility index (Phi) is 4.57. The molecule has 0 unspecified atom stereocenters. The number of ether oxygens (including phenoxy) is 1. The fourth-order valence-electron chi connectivity index (χ4n) is 2.47. The number of aryl methyl sites for hydroxylation is 2. The van der Waals surface area contributed by atoms with E-state index in [9.17, 15) is 4.79 Å². The van der Waals surface area contributed by atoms with Gasteiger partial charge >= 0.3 is 0 Å². The van der Waals surface area contributed by atoms with Gasteiger partial charge < -0.3 is 9.64 Å². The van der Waals surface area contributed by atoms with E-state index in [4.69, 9.17) is 4.74 Å². The third-order valence-corrected chi connectivity index (χ3v) is 3.48. The molecule has 0 radical (unpaired) electrons. The topological polar surface area (TPSA) is 55.3 Å². The molecule has 0 spiro atoms. The van der Waals surface area contributed by atoms with Gasteiger partial charge in [-0.25, -0.2) is 4.98 Å². The summed E-state index contributed by atoms with van der Waals surface area (Å²) in [5, 5.41) is 0. The Bertz CT molecular complexity index is 460. The fourth-order valence-corrected chi connectivity index (χ4v) is 2.47. The molecule has 0 aliphatic carbocycles. The summed E-state index contributed by atoms with van der Waals surface area (Å²) in [6.45, 7) is 9.22. The van der Waals surface area contributed by atoms with Crippen LogP contribution in [0.4, 0.5) is 0 Å². The zero-order chi connectivity index (χ0) is 14.7. The highest BCUT2D eigenvalue weighted by Gasteiger charge is 2.25. The highest BCUT2D eigenvalue weighted by Crippen LogP contribution is 2.19. The third-order valence-electron chi connectivity index (χ3n) is 3.48. The molecular formula is C15H23N3O2. The van der Waals surface area contributed by atoms with E-state index < -0.39 is 0 Å². The molecule has 2 heterocycles. The largest absolute Gasteiger partial charge is 0.474 e. The van der Waals surface area contributed by atoms with Crippen molar-refractivity contribution in [2.45, 2.75) is 46.6 Å². The minimum Gasteiger partial charge on any atom is -0.474 e. The maximum atomic E-state index is 11.9. The van der Waals surface area contributed by atoms with Gasteiger partial charge in [-0.3, -0.25) is 4.79 Å². The molecule has 0 bridgehead atoms. The van der Waals surface area contributed by atoms with Crippen LogP contribution in [0.3, 0.4) is 0 Å². The van der Waals surface area contributed by atoms with Crippen molar-refractivity contribution in [2.75, 3.05) is 13.1 Å². The van der Waals surface area contributed by atoms with E-state index in [0.717, 1.165) is 37.4 Å². The van der Waals surface area contributed by atoms with Crippen LogP contribution in [-0.2, 0) is 4.79 Å². The minimum absolute atomic E-state index is 0.0691. The Morgan fingerprint density at radius 1 is 1.30 bits per heavy atom. The lowest BCUT2D eigenvalue weighted by molar-refractivity contribution is -0.136. The second-order valence-corrected chi connectivity index (χ2v) is 5.69. The number of hydrogen-bond acceptors (Lipinski definition) is 4. The normalized spacial score (nSPS) is 16.6. The Morgan fingerprint density at radius 3 is 2.50 bits per heavy atom. The van der Waals surface area contributed by atoms with Gasteiger partial charge in [-0.15, -0.1) is 0 Å². The standard InChI is InChI=1S/C15H23N3O2/c1-10(2)15(19)18-7-5-13(6-8-18)20-14-9-11(3)16-12(4)17-14/h9-10,13H,5-8H2,1-4H3. The first kappa shape index (κ1) is 14.8. The molecule has 20 heavy (non-hydrogen) atoms. The van der Waals surface area contributed by atoms with E-state index in [-0.39, 0.29) is 17.9 Å². The van der Waals surface area contributed by atoms with E-state index >= 15 is 0 Å². The molecule has 1 saturated heterocycles. The van der Waals surface area contributed by atoms with Crippen LogP contribution in [0.5, 0.6) is 5.88 Å². The Hall–Kier alpha value is -1.65. The van der Waals surface area contributed by atoms with Crippen LogP contribution < -0.4 is 4.74 Å². The number of rotatable bonds is 3. The van der Waals surface area contributed by atoms with Crippen molar-refractivity contribution in [3.05, 3.63) is 17.6 Å². The molecular weight excluding hydrogens is 254 g/mol. The first-order valence-corrected chi connectivity index (χ1v) is 7.23. The zero-order valence-corrected chi connectivity index (χ0v) is 12.7. The van der Waals surface area contributed by atoms with Crippen molar-refractivity contribution < 1.29 is 9.53 Å². The summed E-state index contributed by atoms with van der Waals surface area (Å²) in [5.41, 5.74) is 0.917. The van der Waals surface area contributed by atoms with Crippen molar-refractivity contribution >= 4 is 5.91 Å². The van der Waals surface area contributed by atoms with Crippen molar-refractivity contribution in [2.24, 2.45) is 5.92 Å². The Morgan fingerprint density at radius 2 is 1.95 bits per heavy atom. The summed E-state index contributed by atoms with van der Waals surface area (Å²) in [6, 6.07) is 1.86. The molecule has 110 valence electrons. The molecule has 0 N–H and O–H groups in total. The molecule has 1 aliphatic heterocycles. The van der Waals surface area contributed by atoms with Crippen LogP contribution in [0.2, 0.25) is 0 Å². The van der Waals surface area contributed by atoms with Crippen LogP contribution in [-0.4, -0.2) is 40.0 Å². The second-order valence-electron chi connectivity index (χ2n) is 5.69. The molecule has 5 nitrogen and oxygen atoms in total. The minimum atomic E-state index is 0.0691. The highest BCUT2D eigenvalue weighted by molar-refractivity contribution is 5.78. The summed E-state index contributed by atoms with van der Waals surface area (Å²) < 4.78 is 5.92. The molecule has 1 aromatic heterocycles. The average Bonchev–Trinajstić information content (AvgIpc) is 2.37. The maximum Gasteiger partial charge on any atom is 0.225 e. The molecule has 1 aromatic rings. The van der Waals surface area contributed by atoms with Crippen LogP contribution in [0.1, 0.15) is 38.2 Å². The molecule has 5 heteroatoms. The van der Waals surface area contributed by atoms with E-state index in [1.54, 1.807) is 0 Å². The zero-order valence-electron chi connectivity index (χ0n) is 12.7. The number of hydrogen-bond donors (Lipinski definition) is 0. The van der Waals surface area contributed by atoms with E-state index in [1.807, 2.05) is 38.7 Å². The molecule has 1 aliphatic rings. The summed E-state index contributed by atoms with van der Waals surface area (Å²) in [4.78, 5) is 22.4. The predicted molar refractivity (Wildman–Crippen MR) is 76.6 cm³/mol. The first-order valence-electron chi connectivity index (χ1n) is 7.23. The summed E-state index contributed by atoms with van der Waals surface area (Å²) in [7, 11) is 0. The fraction of sp³-hybridized carbons (Fsp3) is 0.667. The number of amides is 1. The Balaban J connectivity index is 1.90. The smallest absolute Gasteiger partial charge is 0.225 e. The van der Waals surface area contributed by atoms with Gasteiger partial charge in [0.2, 0.25) is 11.8 Å². The van der Waals surface area contributed by atoms with Gasteiger partial charge in [-0.05, 0) is 13.8 Å². The SMILES string of the molecule is Cc1cc(OC2CCN(C(=O)C(C)C)CC2)nc(C)n1. The van der Waals surface area contributed by atoms with Gasteiger partial charge in [-0.2, -0.15) is 4.98 Å². The highest BCUT2D eigenvalue weighted by atomic mass is 16.5. The monoisotopic (exact) mass is 277 g/mol. The van der Waals surface area contributed by atoms with Gasteiger partial charge in [0.25, 0.3) is 0 Å². The number of likely N-dealkylation sites (tertiary alicyclic amines) is 1. The van der Waals surface area contributed by atoms with Gasteiger partial charge in [0.1, 0.15) is 11.9 Å². The molecule has 0 aromatic carbocycles. The van der Waals surface area contributed by atoms with E-state index in [0.29, 0.717) is 5.88 Å². The lowest BCUT2D eigenvalue weighted by atomic mass is 10.1. The van der Waals surface area contributed by atoms with Crippen LogP contribution in [0, 0.1) is 19.8 Å². The van der Waals surface area contributed by atoms with E-state index in [2.05, 4.69) is 9.97 Å². The number of aromatic nitrogens is 2.